The molecule has 0 radical (unpaired) electrons. The van der Waals surface area contributed by atoms with Crippen molar-refractivity contribution in [1.82, 2.24) is 15.6 Å². The molecule has 0 saturated heterocycles. The predicted molar refractivity (Wildman–Crippen MR) is 124 cm³/mol. The number of aliphatic hydroxyl groups excluding tert-OH is 1. The fraction of sp³-hybridized carbons (Fsp3) is 0.480. The van der Waals surface area contributed by atoms with Crippen LogP contribution >= 0.6 is 0 Å². The molecule has 0 aliphatic rings. The normalized spacial score (nSPS) is 13.7. The van der Waals surface area contributed by atoms with Gasteiger partial charge in [-0.2, -0.15) is 0 Å². The molecular formula is C25H34FN3O4. The molecule has 1 heterocycles. The van der Waals surface area contributed by atoms with E-state index in [-0.39, 0.29) is 18.7 Å². The fourth-order valence-corrected chi connectivity index (χ4v) is 3.20. The number of alkyl carbamates (subject to hydrolysis) is 1. The van der Waals surface area contributed by atoms with E-state index in [4.69, 9.17) is 4.74 Å². The van der Waals surface area contributed by atoms with Crippen molar-refractivity contribution in [2.24, 2.45) is 0 Å². The standard InChI is InChI=1S/C25H34FN3O4/c1-24(2,3)29-22(31)17-11-9-13-27-19(17)15-21(30)20(28-23(32)33-25(4,5)6)14-16-10-7-8-12-18(16)26/h7-13,20-21,30H,14-15H2,1-6H3,(H,28,32)(H,29,31)/t20-,21+/m1/s1. The van der Waals surface area contributed by atoms with E-state index in [9.17, 15) is 19.1 Å². The fourth-order valence-electron chi connectivity index (χ4n) is 3.20. The zero-order chi connectivity index (χ0) is 24.8. The Kier molecular flexibility index (Phi) is 8.55. The number of carbonyl (C=O) groups excluding carboxylic acids is 2. The largest absolute Gasteiger partial charge is 0.444 e. The van der Waals surface area contributed by atoms with E-state index in [2.05, 4.69) is 15.6 Å². The van der Waals surface area contributed by atoms with Gasteiger partial charge in [0.05, 0.1) is 23.4 Å². The van der Waals surface area contributed by atoms with Gasteiger partial charge in [-0.25, -0.2) is 9.18 Å². The van der Waals surface area contributed by atoms with Crippen LogP contribution in [0, 0.1) is 5.82 Å². The maximum absolute atomic E-state index is 14.3. The van der Waals surface area contributed by atoms with E-state index in [1.807, 2.05) is 20.8 Å². The number of hydrogen-bond donors (Lipinski definition) is 3. The highest BCUT2D eigenvalue weighted by atomic mass is 19.1. The summed E-state index contributed by atoms with van der Waals surface area (Å²) in [7, 11) is 0. The second kappa shape index (κ2) is 10.7. The minimum atomic E-state index is -1.16. The minimum absolute atomic E-state index is 0.0251. The first kappa shape index (κ1) is 26.3. The summed E-state index contributed by atoms with van der Waals surface area (Å²) in [5.74, 6) is -0.757. The molecule has 7 nitrogen and oxygen atoms in total. The van der Waals surface area contributed by atoms with Crippen LogP contribution in [-0.2, 0) is 17.6 Å². The quantitative estimate of drug-likeness (QED) is 0.585. The van der Waals surface area contributed by atoms with Crippen molar-refractivity contribution in [3.05, 3.63) is 65.2 Å². The van der Waals surface area contributed by atoms with Gasteiger partial charge < -0.3 is 20.5 Å². The lowest BCUT2D eigenvalue weighted by molar-refractivity contribution is 0.0420. The molecule has 33 heavy (non-hydrogen) atoms. The smallest absolute Gasteiger partial charge is 0.407 e. The maximum atomic E-state index is 14.3. The van der Waals surface area contributed by atoms with Gasteiger partial charge in [0.1, 0.15) is 11.4 Å². The molecule has 0 spiro atoms. The third kappa shape index (κ3) is 8.81. The molecule has 2 amide bonds. The summed E-state index contributed by atoms with van der Waals surface area (Å²) in [4.78, 5) is 29.4. The van der Waals surface area contributed by atoms with Gasteiger partial charge in [0.15, 0.2) is 0 Å². The molecule has 2 rings (SSSR count). The van der Waals surface area contributed by atoms with Gasteiger partial charge >= 0.3 is 6.09 Å². The van der Waals surface area contributed by atoms with E-state index >= 15 is 0 Å². The van der Waals surface area contributed by atoms with Crippen molar-refractivity contribution < 1.29 is 23.8 Å². The number of ether oxygens (including phenoxy) is 1. The summed E-state index contributed by atoms with van der Waals surface area (Å²) >= 11 is 0. The van der Waals surface area contributed by atoms with Crippen LogP contribution in [0.15, 0.2) is 42.6 Å². The first-order valence-corrected chi connectivity index (χ1v) is 10.9. The van der Waals surface area contributed by atoms with E-state index in [0.717, 1.165) is 0 Å². The Morgan fingerprint density at radius 2 is 1.73 bits per heavy atom. The molecule has 1 aromatic heterocycles. The number of amides is 2. The van der Waals surface area contributed by atoms with E-state index in [1.54, 1.807) is 51.1 Å². The minimum Gasteiger partial charge on any atom is -0.444 e. The highest BCUT2D eigenvalue weighted by Crippen LogP contribution is 2.17. The molecule has 1 aromatic carbocycles. The Bertz CT molecular complexity index is 967. The van der Waals surface area contributed by atoms with Crippen molar-refractivity contribution in [3.8, 4) is 0 Å². The number of carbonyl (C=O) groups is 2. The molecule has 180 valence electrons. The number of nitrogens with zero attached hydrogens (tertiary/aromatic N) is 1. The maximum Gasteiger partial charge on any atom is 0.407 e. The highest BCUT2D eigenvalue weighted by Gasteiger charge is 2.28. The summed E-state index contributed by atoms with van der Waals surface area (Å²) in [6, 6.07) is 8.56. The Morgan fingerprint density at radius 3 is 2.33 bits per heavy atom. The van der Waals surface area contributed by atoms with Crippen LogP contribution in [0.25, 0.3) is 0 Å². The van der Waals surface area contributed by atoms with Gasteiger partial charge in [0.2, 0.25) is 0 Å². The highest BCUT2D eigenvalue weighted by molar-refractivity contribution is 5.95. The second-order valence-electron chi connectivity index (χ2n) is 10.0. The lowest BCUT2D eigenvalue weighted by Gasteiger charge is -2.27. The summed E-state index contributed by atoms with van der Waals surface area (Å²) in [6.07, 6.45) is -0.349. The van der Waals surface area contributed by atoms with Gasteiger partial charge in [0.25, 0.3) is 5.91 Å². The van der Waals surface area contributed by atoms with E-state index in [1.165, 1.54) is 12.3 Å². The molecule has 0 fully saturated rings. The van der Waals surface area contributed by atoms with Crippen molar-refractivity contribution in [1.29, 1.82) is 0 Å². The summed E-state index contributed by atoms with van der Waals surface area (Å²) < 4.78 is 19.6. The number of benzene rings is 1. The van der Waals surface area contributed by atoms with Crippen LogP contribution in [0.5, 0.6) is 0 Å². The molecule has 3 N–H and O–H groups in total. The molecule has 0 saturated carbocycles. The van der Waals surface area contributed by atoms with Gasteiger partial charge in [0, 0.05) is 18.2 Å². The molecular weight excluding hydrogens is 425 g/mol. The lowest BCUT2D eigenvalue weighted by Crippen LogP contribution is -2.48. The van der Waals surface area contributed by atoms with E-state index < -0.39 is 35.2 Å². The number of hydrogen-bond acceptors (Lipinski definition) is 5. The molecule has 2 aromatic rings. The number of aliphatic hydroxyl groups is 1. The molecule has 8 heteroatoms. The predicted octanol–water partition coefficient (Wildman–Crippen LogP) is 3.79. The number of pyridine rings is 1. The third-order valence-electron chi connectivity index (χ3n) is 4.59. The number of nitrogens with one attached hydrogen (secondary N) is 2. The summed E-state index contributed by atoms with van der Waals surface area (Å²) in [5.41, 5.74) is -0.153. The van der Waals surface area contributed by atoms with Crippen molar-refractivity contribution >= 4 is 12.0 Å². The van der Waals surface area contributed by atoms with E-state index in [0.29, 0.717) is 16.8 Å². The SMILES string of the molecule is CC(C)(C)NC(=O)c1cccnc1C[C@H](O)[C@@H](Cc1ccccc1F)NC(=O)OC(C)(C)C. The Morgan fingerprint density at radius 1 is 1.06 bits per heavy atom. The number of rotatable bonds is 7. The van der Waals surface area contributed by atoms with Crippen LogP contribution in [0.3, 0.4) is 0 Å². The summed E-state index contributed by atoms with van der Waals surface area (Å²) in [5, 5.41) is 16.6. The molecule has 0 aliphatic carbocycles. The van der Waals surface area contributed by atoms with Crippen LogP contribution in [0.4, 0.5) is 9.18 Å². The van der Waals surface area contributed by atoms with Crippen LogP contribution in [-0.4, -0.2) is 45.4 Å². The van der Waals surface area contributed by atoms with Gasteiger partial charge in [-0.1, -0.05) is 18.2 Å². The number of aromatic nitrogens is 1. The molecule has 0 aliphatic heterocycles. The summed E-state index contributed by atoms with van der Waals surface area (Å²) in [6.45, 7) is 10.8. The van der Waals surface area contributed by atoms with Crippen molar-refractivity contribution in [3.63, 3.8) is 0 Å². The topological polar surface area (TPSA) is 101 Å². The zero-order valence-corrected chi connectivity index (χ0v) is 20.1. The van der Waals surface area contributed by atoms with Crippen LogP contribution < -0.4 is 10.6 Å². The van der Waals surface area contributed by atoms with Crippen LogP contribution in [0.1, 0.15) is 63.2 Å². The lowest BCUT2D eigenvalue weighted by atomic mass is 9.96. The number of halogens is 1. The first-order chi connectivity index (χ1) is 15.2. The average molecular weight is 460 g/mol. The monoisotopic (exact) mass is 459 g/mol. The molecule has 2 atom stereocenters. The average Bonchev–Trinajstić information content (AvgIpc) is 2.66. The Hall–Kier alpha value is -3.00. The van der Waals surface area contributed by atoms with Crippen molar-refractivity contribution in [2.75, 3.05) is 0 Å². The van der Waals surface area contributed by atoms with Gasteiger partial charge in [-0.3, -0.25) is 9.78 Å². The van der Waals surface area contributed by atoms with Gasteiger partial charge in [-0.15, -0.1) is 0 Å². The zero-order valence-electron chi connectivity index (χ0n) is 20.1. The van der Waals surface area contributed by atoms with Crippen LogP contribution in [0.2, 0.25) is 0 Å². The molecule has 0 bridgehead atoms. The van der Waals surface area contributed by atoms with Crippen molar-refractivity contribution in [2.45, 2.75) is 77.7 Å². The Labute approximate surface area is 194 Å². The first-order valence-electron chi connectivity index (χ1n) is 10.9. The Balaban J connectivity index is 2.27. The van der Waals surface area contributed by atoms with Gasteiger partial charge in [-0.05, 0) is 71.7 Å². The second-order valence-corrected chi connectivity index (χ2v) is 10.0. The third-order valence-corrected chi connectivity index (χ3v) is 4.59. The molecule has 0 unspecified atom stereocenters.